The van der Waals surface area contributed by atoms with E-state index in [2.05, 4.69) is 15.0 Å². The number of pyridine rings is 1. The maximum atomic E-state index is 12.7. The smallest absolute Gasteiger partial charge is 0.198 e. The molecule has 0 aliphatic heterocycles. The third-order valence-corrected chi connectivity index (χ3v) is 4.21. The highest BCUT2D eigenvalue weighted by Gasteiger charge is 2.13. The maximum Gasteiger partial charge on any atom is 0.198 e. The molecule has 0 aliphatic rings. The SMILES string of the molecule is O=C(c1ccccc1)c1ccc2nc3nc4ccccc4nc3n2c1. The Morgan fingerprint density at radius 1 is 0.720 bits per heavy atom. The normalized spacial score (nSPS) is 11.4. The number of nitrogens with zero attached hydrogens (tertiary/aromatic N) is 4. The quantitative estimate of drug-likeness (QED) is 0.465. The lowest BCUT2D eigenvalue weighted by atomic mass is 10.1. The van der Waals surface area contributed by atoms with Crippen LogP contribution in [0.15, 0.2) is 72.9 Å². The van der Waals surface area contributed by atoms with Crippen LogP contribution >= 0.6 is 0 Å². The molecule has 0 bridgehead atoms. The van der Waals surface area contributed by atoms with Gasteiger partial charge in [-0.15, -0.1) is 0 Å². The predicted octanol–water partition coefficient (Wildman–Crippen LogP) is 3.66. The van der Waals surface area contributed by atoms with E-state index in [9.17, 15) is 4.79 Å². The molecule has 5 nitrogen and oxygen atoms in total. The Labute approximate surface area is 142 Å². The van der Waals surface area contributed by atoms with Gasteiger partial charge in [0.1, 0.15) is 5.65 Å². The molecule has 118 valence electrons. The summed E-state index contributed by atoms with van der Waals surface area (Å²) in [4.78, 5) is 26.4. The first-order valence-electron chi connectivity index (χ1n) is 7.94. The monoisotopic (exact) mass is 324 g/mol. The van der Waals surface area contributed by atoms with Crippen LogP contribution in [-0.4, -0.2) is 25.1 Å². The van der Waals surface area contributed by atoms with Crippen molar-refractivity contribution in [3.8, 4) is 0 Å². The molecule has 5 heteroatoms. The van der Waals surface area contributed by atoms with Crippen molar-refractivity contribution in [2.75, 3.05) is 0 Å². The number of para-hydroxylation sites is 2. The van der Waals surface area contributed by atoms with Crippen molar-refractivity contribution in [1.29, 1.82) is 0 Å². The summed E-state index contributed by atoms with van der Waals surface area (Å²) in [5, 5.41) is 0. The molecule has 5 rings (SSSR count). The van der Waals surface area contributed by atoms with E-state index < -0.39 is 0 Å². The van der Waals surface area contributed by atoms with Gasteiger partial charge in [-0.3, -0.25) is 9.20 Å². The Morgan fingerprint density at radius 2 is 1.44 bits per heavy atom. The minimum absolute atomic E-state index is 0.0295. The molecule has 2 aromatic carbocycles. The summed E-state index contributed by atoms with van der Waals surface area (Å²) in [6, 6.07) is 20.5. The van der Waals surface area contributed by atoms with Crippen LogP contribution in [0.1, 0.15) is 15.9 Å². The van der Waals surface area contributed by atoms with E-state index in [-0.39, 0.29) is 5.78 Å². The average molecular weight is 324 g/mol. The molecule has 0 spiro atoms. The summed E-state index contributed by atoms with van der Waals surface area (Å²) in [5.41, 5.74) is 4.79. The van der Waals surface area contributed by atoms with Crippen LogP contribution in [-0.2, 0) is 0 Å². The zero-order valence-corrected chi connectivity index (χ0v) is 13.1. The van der Waals surface area contributed by atoms with Gasteiger partial charge in [-0.05, 0) is 24.3 Å². The molecule has 0 atom stereocenters. The summed E-state index contributed by atoms with van der Waals surface area (Å²) >= 11 is 0. The number of hydrogen-bond donors (Lipinski definition) is 0. The van der Waals surface area contributed by atoms with Crippen LogP contribution < -0.4 is 0 Å². The van der Waals surface area contributed by atoms with Crippen molar-refractivity contribution in [2.45, 2.75) is 0 Å². The van der Waals surface area contributed by atoms with Crippen molar-refractivity contribution in [3.05, 3.63) is 84.1 Å². The minimum Gasteiger partial charge on any atom is -0.289 e. The molecule has 25 heavy (non-hydrogen) atoms. The van der Waals surface area contributed by atoms with Gasteiger partial charge >= 0.3 is 0 Å². The molecule has 0 N–H and O–H groups in total. The molecular weight excluding hydrogens is 312 g/mol. The van der Waals surface area contributed by atoms with Gasteiger partial charge in [-0.2, -0.15) is 0 Å². The second-order valence-electron chi connectivity index (χ2n) is 5.81. The van der Waals surface area contributed by atoms with Crippen molar-refractivity contribution in [3.63, 3.8) is 0 Å². The number of carbonyl (C=O) groups excluding carboxylic acids is 1. The van der Waals surface area contributed by atoms with Crippen LogP contribution in [0.3, 0.4) is 0 Å². The number of fused-ring (bicyclic) bond motifs is 4. The highest BCUT2D eigenvalue weighted by atomic mass is 16.1. The number of hydrogen-bond acceptors (Lipinski definition) is 4. The Morgan fingerprint density at radius 3 is 2.24 bits per heavy atom. The molecule has 0 amide bonds. The lowest BCUT2D eigenvalue weighted by Crippen LogP contribution is -2.02. The largest absolute Gasteiger partial charge is 0.289 e. The summed E-state index contributed by atoms with van der Waals surface area (Å²) in [6.45, 7) is 0. The van der Waals surface area contributed by atoms with E-state index in [0.717, 1.165) is 16.7 Å². The van der Waals surface area contributed by atoms with E-state index >= 15 is 0 Å². The fourth-order valence-corrected chi connectivity index (χ4v) is 2.97. The van der Waals surface area contributed by atoms with Crippen molar-refractivity contribution in [1.82, 2.24) is 19.4 Å². The van der Waals surface area contributed by atoms with Crippen LogP contribution in [0.25, 0.3) is 28.0 Å². The zero-order chi connectivity index (χ0) is 16.8. The van der Waals surface area contributed by atoms with E-state index in [1.807, 2.05) is 65.1 Å². The topological polar surface area (TPSA) is 60.2 Å². The second kappa shape index (κ2) is 5.21. The number of carbonyl (C=O) groups is 1. The molecule has 0 radical (unpaired) electrons. The minimum atomic E-state index is -0.0295. The first-order valence-corrected chi connectivity index (χ1v) is 7.94. The van der Waals surface area contributed by atoms with Gasteiger partial charge < -0.3 is 0 Å². The third kappa shape index (κ3) is 2.17. The van der Waals surface area contributed by atoms with Gasteiger partial charge in [-0.1, -0.05) is 42.5 Å². The summed E-state index contributed by atoms with van der Waals surface area (Å²) in [7, 11) is 0. The summed E-state index contributed by atoms with van der Waals surface area (Å²) < 4.78 is 1.82. The molecule has 0 saturated carbocycles. The number of benzene rings is 2. The molecule has 3 aromatic heterocycles. The van der Waals surface area contributed by atoms with E-state index in [1.165, 1.54) is 0 Å². The highest BCUT2D eigenvalue weighted by molar-refractivity contribution is 6.09. The molecule has 0 aliphatic carbocycles. The Bertz CT molecular complexity index is 1260. The van der Waals surface area contributed by atoms with E-state index in [4.69, 9.17) is 0 Å². The maximum absolute atomic E-state index is 12.7. The van der Waals surface area contributed by atoms with Gasteiger partial charge in [0, 0.05) is 17.3 Å². The number of aromatic nitrogens is 4. The Kier molecular flexibility index (Phi) is 2.87. The molecule has 0 saturated heterocycles. The molecule has 0 unspecified atom stereocenters. The second-order valence-corrected chi connectivity index (χ2v) is 5.81. The molecule has 3 heterocycles. The zero-order valence-electron chi connectivity index (χ0n) is 13.1. The third-order valence-electron chi connectivity index (χ3n) is 4.21. The predicted molar refractivity (Wildman–Crippen MR) is 95.7 cm³/mol. The van der Waals surface area contributed by atoms with Crippen molar-refractivity contribution in [2.24, 2.45) is 0 Å². The lowest BCUT2D eigenvalue weighted by Gasteiger charge is -2.02. The van der Waals surface area contributed by atoms with E-state index in [1.54, 1.807) is 12.3 Å². The van der Waals surface area contributed by atoms with Gasteiger partial charge in [0.25, 0.3) is 0 Å². The standard InChI is InChI=1S/C20H12N4O/c25-18(13-6-2-1-3-7-13)14-10-11-17-23-19-20(24(17)12-14)22-16-9-5-4-8-15(16)21-19/h1-12H. The number of rotatable bonds is 2. The lowest BCUT2D eigenvalue weighted by molar-refractivity contribution is 0.103. The molecule has 5 aromatic rings. The first kappa shape index (κ1) is 13.8. The molecule has 0 fully saturated rings. The van der Waals surface area contributed by atoms with E-state index in [0.29, 0.717) is 22.4 Å². The van der Waals surface area contributed by atoms with Gasteiger partial charge in [0.15, 0.2) is 17.1 Å². The Balaban J connectivity index is 1.74. The molecular formula is C20H12N4O. The first-order chi connectivity index (χ1) is 12.3. The highest BCUT2D eigenvalue weighted by Crippen LogP contribution is 2.19. The fraction of sp³-hybridized carbons (Fsp3) is 0. The Hall–Kier alpha value is -3.60. The van der Waals surface area contributed by atoms with Gasteiger partial charge in [0.05, 0.1) is 11.0 Å². The average Bonchev–Trinajstić information content (AvgIpc) is 3.03. The van der Waals surface area contributed by atoms with Crippen LogP contribution in [0.5, 0.6) is 0 Å². The number of ketones is 1. The summed E-state index contributed by atoms with van der Waals surface area (Å²) in [6.07, 6.45) is 1.78. The summed E-state index contributed by atoms with van der Waals surface area (Å²) in [5.74, 6) is -0.0295. The van der Waals surface area contributed by atoms with Gasteiger partial charge in [-0.25, -0.2) is 15.0 Å². The van der Waals surface area contributed by atoms with Crippen LogP contribution in [0, 0.1) is 0 Å². The fourth-order valence-electron chi connectivity index (χ4n) is 2.97. The van der Waals surface area contributed by atoms with Crippen LogP contribution in [0.2, 0.25) is 0 Å². The van der Waals surface area contributed by atoms with Crippen LogP contribution in [0.4, 0.5) is 0 Å². The number of imidazole rings is 1. The van der Waals surface area contributed by atoms with Crippen molar-refractivity contribution >= 4 is 33.8 Å². The van der Waals surface area contributed by atoms with Crippen molar-refractivity contribution < 1.29 is 4.79 Å². The van der Waals surface area contributed by atoms with Gasteiger partial charge in [0.2, 0.25) is 0 Å².